The van der Waals surface area contributed by atoms with Crippen LogP contribution in [0.2, 0.25) is 5.02 Å². The van der Waals surface area contributed by atoms with E-state index in [1.165, 1.54) is 6.07 Å². The van der Waals surface area contributed by atoms with E-state index in [-0.39, 0.29) is 17.8 Å². The number of rotatable bonds is 1. The average molecular weight is 446 g/mol. The van der Waals surface area contributed by atoms with Crippen molar-refractivity contribution >= 4 is 44.2 Å². The van der Waals surface area contributed by atoms with E-state index in [0.717, 1.165) is 53.8 Å². The van der Waals surface area contributed by atoms with Crippen LogP contribution in [0.5, 0.6) is 0 Å². The number of nitrogens with zero attached hydrogens (tertiary/aromatic N) is 2. The summed E-state index contributed by atoms with van der Waals surface area (Å²) in [6, 6.07) is 4.92. The number of hydrogen-bond donors (Lipinski definition) is 1. The van der Waals surface area contributed by atoms with Crippen molar-refractivity contribution in [1.29, 1.82) is 0 Å². The number of carbonyl (C=O) groups is 1. The maximum Gasteiger partial charge on any atom is 0.254 e. The third-order valence-electron chi connectivity index (χ3n) is 6.12. The Kier molecular flexibility index (Phi) is 4.92. The summed E-state index contributed by atoms with van der Waals surface area (Å²) in [5.41, 5.74) is 10.0. The van der Waals surface area contributed by atoms with E-state index in [2.05, 4.69) is 4.98 Å². The van der Waals surface area contributed by atoms with Gasteiger partial charge in [-0.15, -0.1) is 0 Å². The standard InChI is InChI=1S/C22H21ClFN3O2S/c1-11-15-10-29-9-12-4-2-3-7-27(12)21(28)14(15)8-16(23)18(11)13-5-6-17(24)20-19(13)26-22(25)30-20/h5-6,8,12H,2-4,7,9-10H2,1H3,(H2,25,26)/t12-/m1/s1. The second kappa shape index (κ2) is 7.48. The van der Waals surface area contributed by atoms with E-state index in [9.17, 15) is 9.18 Å². The van der Waals surface area contributed by atoms with Crippen molar-refractivity contribution in [2.24, 2.45) is 0 Å². The van der Waals surface area contributed by atoms with Crippen molar-refractivity contribution in [1.82, 2.24) is 9.88 Å². The van der Waals surface area contributed by atoms with Gasteiger partial charge in [0.1, 0.15) is 5.82 Å². The highest BCUT2D eigenvalue weighted by atomic mass is 35.5. The molecule has 0 unspecified atom stereocenters. The molecule has 0 radical (unpaired) electrons. The number of anilines is 1. The molecular formula is C22H21ClFN3O2S. The number of halogens is 2. The first-order valence-electron chi connectivity index (χ1n) is 10.0. The Bertz CT molecular complexity index is 1180. The zero-order chi connectivity index (χ0) is 21.0. The van der Waals surface area contributed by atoms with E-state index >= 15 is 0 Å². The highest BCUT2D eigenvalue weighted by Crippen LogP contribution is 2.42. The second-order valence-electron chi connectivity index (χ2n) is 7.87. The monoisotopic (exact) mass is 445 g/mol. The number of hydrogen-bond acceptors (Lipinski definition) is 5. The summed E-state index contributed by atoms with van der Waals surface area (Å²) in [5.74, 6) is -0.352. The molecule has 8 heteroatoms. The summed E-state index contributed by atoms with van der Waals surface area (Å²) in [6.45, 7) is 3.54. The van der Waals surface area contributed by atoms with Crippen molar-refractivity contribution in [2.75, 3.05) is 18.9 Å². The number of nitrogen functional groups attached to an aromatic ring is 1. The lowest BCUT2D eigenvalue weighted by Gasteiger charge is -2.38. The highest BCUT2D eigenvalue weighted by molar-refractivity contribution is 7.22. The van der Waals surface area contributed by atoms with Gasteiger partial charge < -0.3 is 15.4 Å². The van der Waals surface area contributed by atoms with Gasteiger partial charge in [-0.25, -0.2) is 9.37 Å². The maximum absolute atomic E-state index is 14.3. The second-order valence-corrected chi connectivity index (χ2v) is 9.31. The molecule has 1 aromatic heterocycles. The zero-order valence-corrected chi connectivity index (χ0v) is 18.1. The van der Waals surface area contributed by atoms with E-state index < -0.39 is 0 Å². The van der Waals surface area contributed by atoms with Gasteiger partial charge in [0.25, 0.3) is 5.91 Å². The number of amides is 1. The molecule has 5 nitrogen and oxygen atoms in total. The fourth-order valence-electron chi connectivity index (χ4n) is 4.61. The van der Waals surface area contributed by atoms with Gasteiger partial charge in [0.15, 0.2) is 5.13 Å². The third-order valence-corrected chi connectivity index (χ3v) is 7.31. The Morgan fingerprint density at radius 1 is 1.33 bits per heavy atom. The Hall–Kier alpha value is -2.22. The van der Waals surface area contributed by atoms with Gasteiger partial charge in [-0.3, -0.25) is 4.79 Å². The lowest BCUT2D eigenvalue weighted by Crippen LogP contribution is -2.47. The first-order valence-corrected chi connectivity index (χ1v) is 11.2. The molecule has 2 aromatic carbocycles. The highest BCUT2D eigenvalue weighted by Gasteiger charge is 2.32. The Morgan fingerprint density at radius 3 is 3.00 bits per heavy atom. The molecule has 30 heavy (non-hydrogen) atoms. The van der Waals surface area contributed by atoms with Crippen LogP contribution in [0, 0.1) is 12.7 Å². The van der Waals surface area contributed by atoms with E-state index in [4.69, 9.17) is 22.1 Å². The van der Waals surface area contributed by atoms with Crippen LogP contribution in [-0.4, -0.2) is 35.0 Å². The summed E-state index contributed by atoms with van der Waals surface area (Å²) >= 11 is 7.83. The van der Waals surface area contributed by atoms with Crippen LogP contribution >= 0.6 is 22.9 Å². The Balaban J connectivity index is 1.70. The molecule has 1 atom stereocenters. The quantitative estimate of drug-likeness (QED) is 0.561. The number of fused-ring (bicyclic) bond motifs is 3. The molecule has 0 aliphatic carbocycles. The smallest absolute Gasteiger partial charge is 0.254 e. The first kappa shape index (κ1) is 19.7. The molecule has 5 rings (SSSR count). The van der Waals surface area contributed by atoms with E-state index in [1.807, 2.05) is 11.8 Å². The SMILES string of the molecule is Cc1c2c(cc(Cl)c1-c1ccc(F)c3sc(N)nc13)C(=O)N1CCCC[C@@H]1COC2. The summed E-state index contributed by atoms with van der Waals surface area (Å²) in [7, 11) is 0. The molecule has 1 fully saturated rings. The number of thiazole rings is 1. The number of ether oxygens (including phenoxy) is 1. The summed E-state index contributed by atoms with van der Waals surface area (Å²) < 4.78 is 20.7. The van der Waals surface area contributed by atoms with Gasteiger partial charge >= 0.3 is 0 Å². The third kappa shape index (κ3) is 3.07. The number of piperidine rings is 1. The van der Waals surface area contributed by atoms with Crippen LogP contribution in [0.1, 0.15) is 40.7 Å². The lowest BCUT2D eigenvalue weighted by atomic mass is 9.90. The molecule has 3 aromatic rings. The molecule has 1 saturated heterocycles. The van der Waals surface area contributed by atoms with Crippen LogP contribution in [0.3, 0.4) is 0 Å². The first-order chi connectivity index (χ1) is 14.5. The van der Waals surface area contributed by atoms with Crippen LogP contribution in [-0.2, 0) is 11.3 Å². The average Bonchev–Trinajstić information content (AvgIpc) is 3.12. The molecule has 1 amide bonds. The number of nitrogens with two attached hydrogens (primary N) is 1. The Morgan fingerprint density at radius 2 is 2.17 bits per heavy atom. The molecule has 156 valence electrons. The molecule has 0 spiro atoms. The predicted molar refractivity (Wildman–Crippen MR) is 118 cm³/mol. The maximum atomic E-state index is 14.3. The molecule has 0 bridgehead atoms. The van der Waals surface area contributed by atoms with Gasteiger partial charge in [0, 0.05) is 28.3 Å². The normalized spacial score (nSPS) is 19.4. The van der Waals surface area contributed by atoms with Gasteiger partial charge in [-0.05, 0) is 55.5 Å². The molecule has 3 heterocycles. The molecule has 2 aliphatic heterocycles. The number of aromatic nitrogens is 1. The van der Waals surface area contributed by atoms with Crippen molar-refractivity contribution in [3.63, 3.8) is 0 Å². The fraction of sp³-hybridized carbons (Fsp3) is 0.364. The zero-order valence-electron chi connectivity index (χ0n) is 16.5. The van der Waals surface area contributed by atoms with Crippen LogP contribution < -0.4 is 5.73 Å². The number of benzene rings is 2. The molecular weight excluding hydrogens is 425 g/mol. The molecule has 2 aliphatic rings. The fourth-order valence-corrected chi connectivity index (χ4v) is 5.73. The molecule has 0 saturated carbocycles. The largest absolute Gasteiger partial charge is 0.375 e. The van der Waals surface area contributed by atoms with Crippen molar-refractivity contribution in [2.45, 2.75) is 38.8 Å². The molecule has 2 N–H and O–H groups in total. The van der Waals surface area contributed by atoms with Gasteiger partial charge in [0.2, 0.25) is 0 Å². The number of carbonyl (C=O) groups excluding carboxylic acids is 1. The Labute approximate surface area is 182 Å². The van der Waals surface area contributed by atoms with Gasteiger partial charge in [-0.2, -0.15) is 0 Å². The lowest BCUT2D eigenvalue weighted by molar-refractivity contribution is 0.0209. The van der Waals surface area contributed by atoms with E-state index in [0.29, 0.717) is 44.7 Å². The van der Waals surface area contributed by atoms with Crippen molar-refractivity contribution in [3.05, 3.63) is 45.7 Å². The van der Waals surface area contributed by atoms with E-state index in [1.54, 1.807) is 12.1 Å². The van der Waals surface area contributed by atoms with Crippen LogP contribution in [0.4, 0.5) is 9.52 Å². The minimum absolute atomic E-state index is 0.0108. The van der Waals surface area contributed by atoms with Gasteiger partial charge in [-0.1, -0.05) is 22.9 Å². The summed E-state index contributed by atoms with van der Waals surface area (Å²) in [6.07, 6.45) is 3.08. The minimum atomic E-state index is -0.363. The van der Waals surface area contributed by atoms with Crippen molar-refractivity contribution < 1.29 is 13.9 Å². The summed E-state index contributed by atoms with van der Waals surface area (Å²) in [5, 5.41) is 0.735. The minimum Gasteiger partial charge on any atom is -0.375 e. The topological polar surface area (TPSA) is 68.5 Å². The summed E-state index contributed by atoms with van der Waals surface area (Å²) in [4.78, 5) is 19.6. The van der Waals surface area contributed by atoms with Crippen LogP contribution in [0.25, 0.3) is 21.3 Å². The van der Waals surface area contributed by atoms with Crippen LogP contribution in [0.15, 0.2) is 18.2 Å². The predicted octanol–water partition coefficient (Wildman–Crippen LogP) is 5.17. The van der Waals surface area contributed by atoms with Gasteiger partial charge in [0.05, 0.1) is 29.5 Å². The van der Waals surface area contributed by atoms with Crippen molar-refractivity contribution in [3.8, 4) is 11.1 Å².